The Morgan fingerprint density at radius 2 is 2.11 bits per heavy atom. The van der Waals surface area contributed by atoms with Gasteiger partial charge in [0.05, 0.1) is 6.17 Å². The zero-order valence-corrected chi connectivity index (χ0v) is 5.43. The second-order valence-electron chi connectivity index (χ2n) is 2.09. The van der Waals surface area contributed by atoms with E-state index >= 15 is 0 Å². The molecule has 2 heteroatoms. The van der Waals surface area contributed by atoms with Gasteiger partial charge in [0.2, 0.25) is 0 Å². The van der Waals surface area contributed by atoms with E-state index < -0.39 is 0 Å². The molecule has 0 amide bonds. The first-order valence-corrected chi connectivity index (χ1v) is 3.21. The lowest BCUT2D eigenvalue weighted by atomic mass is 10.2. The molecule has 0 aromatic heterocycles. The van der Waals surface area contributed by atoms with Gasteiger partial charge in [-0.05, 0) is 12.8 Å². The summed E-state index contributed by atoms with van der Waals surface area (Å²) in [7, 11) is 0. The van der Waals surface area contributed by atoms with Crippen molar-refractivity contribution in [2.75, 3.05) is 0 Å². The quantitative estimate of drug-likeness (QED) is 0.547. The lowest BCUT2D eigenvalue weighted by Crippen LogP contribution is -2.30. The Bertz CT molecular complexity index is 110. The highest BCUT2D eigenvalue weighted by Crippen LogP contribution is 1.97. The zero-order chi connectivity index (χ0) is 6.53. The van der Waals surface area contributed by atoms with Gasteiger partial charge in [-0.15, -0.1) is 6.58 Å². The van der Waals surface area contributed by atoms with Gasteiger partial charge in [-0.1, -0.05) is 6.08 Å². The molecular weight excluding hydrogens is 112 g/mol. The van der Waals surface area contributed by atoms with Crippen LogP contribution >= 0.6 is 0 Å². The highest BCUT2D eigenvalue weighted by molar-refractivity contribution is 4.91. The minimum atomic E-state index is 0.433. The highest BCUT2D eigenvalue weighted by Gasteiger charge is 2.04. The summed E-state index contributed by atoms with van der Waals surface area (Å²) in [6.07, 6.45) is 8.38. The summed E-state index contributed by atoms with van der Waals surface area (Å²) in [4.78, 5) is 0. The van der Waals surface area contributed by atoms with Crippen LogP contribution in [0.1, 0.15) is 12.8 Å². The van der Waals surface area contributed by atoms with Crippen LogP contribution in [0.2, 0.25) is 0 Å². The van der Waals surface area contributed by atoms with Crippen molar-refractivity contribution in [1.29, 1.82) is 0 Å². The number of hydrogen-bond donors (Lipinski definition) is 2. The fraction of sp³-hybridized carbons (Fsp3) is 0.429. The third kappa shape index (κ3) is 1.80. The lowest BCUT2D eigenvalue weighted by Gasteiger charge is -2.09. The summed E-state index contributed by atoms with van der Waals surface area (Å²) < 4.78 is 0. The maximum atomic E-state index is 3.65. The van der Waals surface area contributed by atoms with Crippen LogP contribution in [0.15, 0.2) is 25.1 Å². The van der Waals surface area contributed by atoms with Gasteiger partial charge in [0, 0.05) is 12.4 Å². The van der Waals surface area contributed by atoms with Crippen molar-refractivity contribution in [3.63, 3.8) is 0 Å². The smallest absolute Gasteiger partial charge is 0.0958 e. The van der Waals surface area contributed by atoms with E-state index in [2.05, 4.69) is 17.2 Å². The van der Waals surface area contributed by atoms with Crippen molar-refractivity contribution in [2.45, 2.75) is 19.0 Å². The van der Waals surface area contributed by atoms with Crippen molar-refractivity contribution in [1.82, 2.24) is 10.6 Å². The average Bonchev–Trinajstić information content (AvgIpc) is 2.34. The Labute approximate surface area is 55.6 Å². The first-order chi connectivity index (χ1) is 4.43. The van der Waals surface area contributed by atoms with Gasteiger partial charge in [0.25, 0.3) is 0 Å². The molecule has 50 valence electrons. The molecule has 0 atom stereocenters. The Morgan fingerprint density at radius 1 is 1.44 bits per heavy atom. The fourth-order valence-electron chi connectivity index (χ4n) is 0.828. The molecule has 0 saturated heterocycles. The summed E-state index contributed by atoms with van der Waals surface area (Å²) >= 11 is 0. The van der Waals surface area contributed by atoms with Gasteiger partial charge in [-0.3, -0.25) is 0 Å². The van der Waals surface area contributed by atoms with E-state index in [4.69, 9.17) is 0 Å². The lowest BCUT2D eigenvalue weighted by molar-refractivity contribution is 0.533. The van der Waals surface area contributed by atoms with Gasteiger partial charge in [-0.25, -0.2) is 0 Å². The topological polar surface area (TPSA) is 24.1 Å². The highest BCUT2D eigenvalue weighted by atomic mass is 15.1. The molecule has 0 saturated carbocycles. The second kappa shape index (κ2) is 3.17. The molecule has 0 aromatic carbocycles. The van der Waals surface area contributed by atoms with Crippen LogP contribution in [0.3, 0.4) is 0 Å². The van der Waals surface area contributed by atoms with Crippen LogP contribution < -0.4 is 10.6 Å². The molecule has 0 aromatic rings. The standard InChI is InChI=1S/C7H12N2/c1-2-3-4-7-8-5-6-9-7/h2,5-9H,1,3-4H2. The Balaban J connectivity index is 2.07. The monoisotopic (exact) mass is 124 g/mol. The summed E-state index contributed by atoms with van der Waals surface area (Å²) in [6, 6.07) is 0. The zero-order valence-electron chi connectivity index (χ0n) is 5.43. The molecule has 0 unspecified atom stereocenters. The maximum Gasteiger partial charge on any atom is 0.0958 e. The van der Waals surface area contributed by atoms with Gasteiger partial charge < -0.3 is 10.6 Å². The van der Waals surface area contributed by atoms with E-state index in [9.17, 15) is 0 Å². The van der Waals surface area contributed by atoms with Crippen molar-refractivity contribution in [3.05, 3.63) is 25.1 Å². The normalized spacial score (nSPS) is 16.9. The van der Waals surface area contributed by atoms with Gasteiger partial charge >= 0.3 is 0 Å². The van der Waals surface area contributed by atoms with E-state index in [1.807, 2.05) is 18.5 Å². The Kier molecular flexibility index (Phi) is 2.19. The van der Waals surface area contributed by atoms with Gasteiger partial charge in [-0.2, -0.15) is 0 Å². The predicted molar refractivity (Wildman–Crippen MR) is 38.6 cm³/mol. The number of nitrogens with one attached hydrogen (secondary N) is 2. The molecule has 0 spiro atoms. The summed E-state index contributed by atoms with van der Waals surface area (Å²) in [6.45, 7) is 3.65. The van der Waals surface area contributed by atoms with Gasteiger partial charge in [0.1, 0.15) is 0 Å². The molecule has 1 rings (SSSR count). The van der Waals surface area contributed by atoms with Gasteiger partial charge in [0.15, 0.2) is 0 Å². The molecular formula is C7H12N2. The summed E-state index contributed by atoms with van der Waals surface area (Å²) in [5, 5.41) is 6.30. The van der Waals surface area contributed by atoms with E-state index in [1.54, 1.807) is 0 Å². The van der Waals surface area contributed by atoms with Crippen LogP contribution in [0, 0.1) is 0 Å². The summed E-state index contributed by atoms with van der Waals surface area (Å²) in [5.41, 5.74) is 0. The minimum Gasteiger partial charge on any atom is -0.370 e. The molecule has 1 aliphatic heterocycles. The van der Waals surface area contributed by atoms with Crippen LogP contribution in [0.25, 0.3) is 0 Å². The molecule has 2 nitrogen and oxygen atoms in total. The molecule has 0 aliphatic carbocycles. The molecule has 9 heavy (non-hydrogen) atoms. The first-order valence-electron chi connectivity index (χ1n) is 3.21. The third-order valence-corrected chi connectivity index (χ3v) is 1.34. The first kappa shape index (κ1) is 6.20. The van der Waals surface area contributed by atoms with E-state index in [-0.39, 0.29) is 0 Å². The average molecular weight is 124 g/mol. The largest absolute Gasteiger partial charge is 0.370 e. The molecule has 0 fully saturated rings. The van der Waals surface area contributed by atoms with Crippen LogP contribution in [-0.2, 0) is 0 Å². The van der Waals surface area contributed by atoms with Crippen LogP contribution in [0.4, 0.5) is 0 Å². The fourth-order valence-corrected chi connectivity index (χ4v) is 0.828. The number of rotatable bonds is 3. The Hall–Kier alpha value is -0.920. The Morgan fingerprint density at radius 3 is 2.67 bits per heavy atom. The van der Waals surface area contributed by atoms with Crippen molar-refractivity contribution < 1.29 is 0 Å². The number of hydrogen-bond acceptors (Lipinski definition) is 2. The molecule has 1 aliphatic rings. The molecule has 0 radical (unpaired) electrons. The van der Waals surface area contributed by atoms with Crippen LogP contribution in [0.5, 0.6) is 0 Å². The SMILES string of the molecule is C=CCCC1NC=CN1. The van der Waals surface area contributed by atoms with E-state index in [0.29, 0.717) is 6.17 Å². The van der Waals surface area contributed by atoms with Crippen molar-refractivity contribution in [3.8, 4) is 0 Å². The minimum absolute atomic E-state index is 0.433. The van der Waals surface area contributed by atoms with Crippen molar-refractivity contribution in [2.24, 2.45) is 0 Å². The van der Waals surface area contributed by atoms with E-state index in [0.717, 1.165) is 12.8 Å². The second-order valence-corrected chi connectivity index (χ2v) is 2.09. The third-order valence-electron chi connectivity index (χ3n) is 1.34. The maximum absolute atomic E-state index is 3.65. The number of allylic oxidation sites excluding steroid dienone is 1. The van der Waals surface area contributed by atoms with Crippen molar-refractivity contribution >= 4 is 0 Å². The predicted octanol–water partition coefficient (Wildman–Crippen LogP) is 0.943. The molecule has 1 heterocycles. The van der Waals surface area contributed by atoms with Crippen LogP contribution in [-0.4, -0.2) is 6.17 Å². The summed E-state index contributed by atoms with van der Waals surface area (Å²) in [5.74, 6) is 0. The molecule has 0 bridgehead atoms. The van der Waals surface area contributed by atoms with E-state index in [1.165, 1.54) is 0 Å². The molecule has 2 N–H and O–H groups in total.